The predicted octanol–water partition coefficient (Wildman–Crippen LogP) is 3.59. The lowest BCUT2D eigenvalue weighted by Gasteiger charge is -2.11. The van der Waals surface area contributed by atoms with Crippen LogP contribution in [0.5, 0.6) is 0 Å². The number of anilines is 2. The molecule has 4 heteroatoms. The Bertz CT molecular complexity index is 660. The van der Waals surface area contributed by atoms with E-state index in [4.69, 9.17) is 5.73 Å². The number of carbonyl (C=O) groups is 1. The number of carbonyl (C=O) groups excluding carboxylic acids is 1. The zero-order valence-corrected chi connectivity index (χ0v) is 11.8. The van der Waals surface area contributed by atoms with Gasteiger partial charge in [0.05, 0.1) is 11.4 Å². The summed E-state index contributed by atoms with van der Waals surface area (Å²) in [6, 6.07) is 7.84. The van der Waals surface area contributed by atoms with Gasteiger partial charge in [-0.3, -0.25) is 4.79 Å². The number of hydrogen-bond acceptors (Lipinski definition) is 2. The Morgan fingerprint density at radius 2 is 1.70 bits per heavy atom. The molecule has 0 saturated carbocycles. The maximum atomic E-state index is 13.3. The van der Waals surface area contributed by atoms with Gasteiger partial charge in [0.25, 0.3) is 5.91 Å². The molecule has 3 N–H and O–H groups in total. The molecule has 20 heavy (non-hydrogen) atoms. The summed E-state index contributed by atoms with van der Waals surface area (Å²) in [5.74, 6) is -0.800. The first-order valence-electron chi connectivity index (χ1n) is 6.32. The van der Waals surface area contributed by atoms with Crippen molar-refractivity contribution in [2.45, 2.75) is 20.8 Å². The van der Waals surface area contributed by atoms with E-state index in [9.17, 15) is 9.18 Å². The highest BCUT2D eigenvalue weighted by Gasteiger charge is 2.11. The summed E-state index contributed by atoms with van der Waals surface area (Å²) in [6.07, 6.45) is 0. The van der Waals surface area contributed by atoms with Crippen molar-refractivity contribution in [3.05, 3.63) is 58.4 Å². The molecule has 0 saturated heterocycles. The Morgan fingerprint density at radius 3 is 2.35 bits per heavy atom. The van der Waals surface area contributed by atoms with E-state index < -0.39 is 5.82 Å². The van der Waals surface area contributed by atoms with E-state index in [1.165, 1.54) is 12.1 Å². The number of rotatable bonds is 2. The van der Waals surface area contributed by atoms with Crippen LogP contribution in [0.4, 0.5) is 15.8 Å². The topological polar surface area (TPSA) is 55.1 Å². The summed E-state index contributed by atoms with van der Waals surface area (Å²) in [4.78, 5) is 12.1. The van der Waals surface area contributed by atoms with Gasteiger partial charge in [-0.15, -0.1) is 0 Å². The van der Waals surface area contributed by atoms with Gasteiger partial charge in [0.15, 0.2) is 0 Å². The highest BCUT2D eigenvalue weighted by atomic mass is 19.1. The highest BCUT2D eigenvalue weighted by molar-refractivity contribution is 6.05. The number of benzene rings is 2. The molecule has 0 heterocycles. The molecule has 0 bridgehead atoms. The number of hydrogen-bond donors (Lipinski definition) is 2. The van der Waals surface area contributed by atoms with Gasteiger partial charge in [-0.25, -0.2) is 4.39 Å². The molecule has 0 aromatic heterocycles. The van der Waals surface area contributed by atoms with Crippen LogP contribution < -0.4 is 11.1 Å². The molecule has 0 radical (unpaired) electrons. The first-order valence-corrected chi connectivity index (χ1v) is 6.32. The molecule has 2 aromatic carbocycles. The summed E-state index contributed by atoms with van der Waals surface area (Å²) < 4.78 is 13.3. The fourth-order valence-corrected chi connectivity index (χ4v) is 2.01. The van der Waals surface area contributed by atoms with E-state index in [0.29, 0.717) is 16.9 Å². The van der Waals surface area contributed by atoms with Crippen molar-refractivity contribution in [1.29, 1.82) is 0 Å². The number of halogens is 1. The molecular weight excluding hydrogens is 255 g/mol. The maximum absolute atomic E-state index is 13.3. The van der Waals surface area contributed by atoms with Crippen molar-refractivity contribution < 1.29 is 9.18 Å². The Morgan fingerprint density at radius 1 is 1.05 bits per heavy atom. The van der Waals surface area contributed by atoms with Gasteiger partial charge < -0.3 is 11.1 Å². The van der Waals surface area contributed by atoms with Crippen molar-refractivity contribution in [1.82, 2.24) is 0 Å². The van der Waals surface area contributed by atoms with Crippen molar-refractivity contribution in [3.8, 4) is 0 Å². The lowest BCUT2D eigenvalue weighted by molar-refractivity contribution is 0.102. The Kier molecular flexibility index (Phi) is 3.74. The van der Waals surface area contributed by atoms with Crippen LogP contribution >= 0.6 is 0 Å². The highest BCUT2D eigenvalue weighted by Crippen LogP contribution is 2.23. The minimum Gasteiger partial charge on any atom is -0.397 e. The molecule has 0 aliphatic heterocycles. The molecule has 0 atom stereocenters. The predicted molar refractivity (Wildman–Crippen MR) is 79.4 cm³/mol. The van der Waals surface area contributed by atoms with Gasteiger partial charge >= 0.3 is 0 Å². The van der Waals surface area contributed by atoms with Crippen LogP contribution in [-0.4, -0.2) is 5.91 Å². The van der Waals surface area contributed by atoms with Crippen molar-refractivity contribution in [2.75, 3.05) is 11.1 Å². The van der Waals surface area contributed by atoms with Crippen molar-refractivity contribution in [2.24, 2.45) is 0 Å². The van der Waals surface area contributed by atoms with Crippen molar-refractivity contribution >= 4 is 17.3 Å². The second-order valence-electron chi connectivity index (χ2n) is 5.00. The number of nitrogen functional groups attached to an aromatic ring is 1. The normalized spacial score (nSPS) is 10.4. The van der Waals surface area contributed by atoms with E-state index >= 15 is 0 Å². The number of aryl methyl sites for hydroxylation is 3. The van der Waals surface area contributed by atoms with Gasteiger partial charge in [0, 0.05) is 5.56 Å². The largest absolute Gasteiger partial charge is 0.397 e. The first kappa shape index (κ1) is 14.1. The van der Waals surface area contributed by atoms with Gasteiger partial charge in [-0.05, 0) is 67.8 Å². The second-order valence-corrected chi connectivity index (χ2v) is 5.00. The van der Waals surface area contributed by atoms with Crippen LogP contribution in [0.2, 0.25) is 0 Å². The molecule has 1 amide bonds. The minimum absolute atomic E-state index is 0.278. The van der Waals surface area contributed by atoms with Gasteiger partial charge in [-0.1, -0.05) is 0 Å². The molecule has 0 aliphatic rings. The molecule has 2 rings (SSSR count). The van der Waals surface area contributed by atoms with E-state index in [-0.39, 0.29) is 11.5 Å². The van der Waals surface area contributed by atoms with E-state index in [1.807, 2.05) is 26.0 Å². The number of nitrogens with two attached hydrogens (primary N) is 1. The second kappa shape index (κ2) is 5.33. The maximum Gasteiger partial charge on any atom is 0.255 e. The monoisotopic (exact) mass is 272 g/mol. The van der Waals surface area contributed by atoms with E-state index in [2.05, 4.69) is 5.32 Å². The van der Waals surface area contributed by atoms with Crippen molar-refractivity contribution in [3.63, 3.8) is 0 Å². The lowest BCUT2D eigenvalue weighted by Crippen LogP contribution is -2.14. The third-order valence-corrected chi connectivity index (χ3v) is 3.22. The van der Waals surface area contributed by atoms with Crippen LogP contribution in [0, 0.1) is 26.6 Å². The molecule has 0 spiro atoms. The van der Waals surface area contributed by atoms with Gasteiger partial charge in [0.2, 0.25) is 0 Å². The molecule has 0 unspecified atom stereocenters. The standard InChI is InChI=1S/C16H17FN2O/c1-9-4-12(8-13(17)5-9)16(20)19-15-7-11(3)10(2)6-14(15)18/h4-8H,18H2,1-3H3,(H,19,20). The SMILES string of the molecule is Cc1cc(F)cc(C(=O)Nc2cc(C)c(C)cc2N)c1. The molecule has 104 valence electrons. The van der Waals surface area contributed by atoms with Gasteiger partial charge in [-0.2, -0.15) is 0 Å². The summed E-state index contributed by atoms with van der Waals surface area (Å²) in [5.41, 5.74) is 9.99. The fraction of sp³-hybridized carbons (Fsp3) is 0.188. The first-order chi connectivity index (χ1) is 9.36. The van der Waals surface area contributed by atoms with Crippen LogP contribution in [0.1, 0.15) is 27.0 Å². The zero-order valence-electron chi connectivity index (χ0n) is 11.8. The summed E-state index contributed by atoms with van der Waals surface area (Å²) in [6.45, 7) is 5.63. The van der Waals surface area contributed by atoms with Crippen LogP contribution in [-0.2, 0) is 0 Å². The average Bonchev–Trinajstić information content (AvgIpc) is 2.34. The zero-order chi connectivity index (χ0) is 14.9. The summed E-state index contributed by atoms with van der Waals surface area (Å²) in [7, 11) is 0. The Balaban J connectivity index is 2.30. The quantitative estimate of drug-likeness (QED) is 0.821. The third-order valence-electron chi connectivity index (χ3n) is 3.22. The number of nitrogens with one attached hydrogen (secondary N) is 1. The lowest BCUT2D eigenvalue weighted by atomic mass is 10.1. The third kappa shape index (κ3) is 2.96. The van der Waals surface area contributed by atoms with E-state index in [1.54, 1.807) is 13.0 Å². The summed E-state index contributed by atoms with van der Waals surface area (Å²) >= 11 is 0. The Hall–Kier alpha value is -2.36. The number of amides is 1. The molecule has 2 aromatic rings. The van der Waals surface area contributed by atoms with Crippen LogP contribution in [0.3, 0.4) is 0 Å². The molecule has 0 fully saturated rings. The fourth-order valence-electron chi connectivity index (χ4n) is 2.01. The van der Waals surface area contributed by atoms with E-state index in [0.717, 1.165) is 11.1 Å². The minimum atomic E-state index is -0.428. The molecule has 3 nitrogen and oxygen atoms in total. The van der Waals surface area contributed by atoms with Crippen LogP contribution in [0.15, 0.2) is 30.3 Å². The summed E-state index contributed by atoms with van der Waals surface area (Å²) in [5, 5.41) is 2.72. The smallest absolute Gasteiger partial charge is 0.255 e. The molecular formula is C16H17FN2O. The average molecular weight is 272 g/mol. The molecule has 0 aliphatic carbocycles. The van der Waals surface area contributed by atoms with Crippen LogP contribution in [0.25, 0.3) is 0 Å². The van der Waals surface area contributed by atoms with Gasteiger partial charge in [0.1, 0.15) is 5.82 Å². The Labute approximate surface area is 117 Å².